The van der Waals surface area contributed by atoms with Gasteiger partial charge in [-0.25, -0.2) is 9.97 Å². The van der Waals surface area contributed by atoms with Crippen LogP contribution in [-0.2, 0) is 0 Å². The smallest absolute Gasteiger partial charge is 0.181 e. The lowest BCUT2D eigenvalue weighted by Crippen LogP contribution is -2.08. The van der Waals surface area contributed by atoms with E-state index in [1.165, 1.54) is 0 Å². The minimum Gasteiger partial charge on any atom is -0.376 e. The number of aromatic amines is 2. The zero-order chi connectivity index (χ0) is 22.5. The topological polar surface area (TPSA) is 91.3 Å². The molecular formula is C25H22N8. The lowest BCUT2D eigenvalue weighted by Gasteiger charge is -2.12. The van der Waals surface area contributed by atoms with E-state index in [0.29, 0.717) is 5.65 Å². The van der Waals surface area contributed by atoms with Gasteiger partial charge in [0, 0.05) is 60.1 Å². The Morgan fingerprint density at radius 2 is 1.82 bits per heavy atom. The van der Waals surface area contributed by atoms with E-state index in [0.717, 1.165) is 55.9 Å². The first-order chi connectivity index (χ1) is 16.1. The van der Waals surface area contributed by atoms with E-state index in [1.54, 1.807) is 0 Å². The van der Waals surface area contributed by atoms with Crippen molar-refractivity contribution in [2.24, 2.45) is 0 Å². The van der Waals surface area contributed by atoms with Crippen molar-refractivity contribution < 1.29 is 0 Å². The third-order valence-corrected chi connectivity index (χ3v) is 5.88. The molecule has 0 bridgehead atoms. The number of imidazole rings is 1. The number of nitrogens with one attached hydrogen (secondary N) is 2. The fourth-order valence-corrected chi connectivity index (χ4v) is 4.15. The van der Waals surface area contributed by atoms with E-state index in [-0.39, 0.29) is 0 Å². The van der Waals surface area contributed by atoms with Crippen molar-refractivity contribution in [3.05, 3.63) is 73.2 Å². The summed E-state index contributed by atoms with van der Waals surface area (Å²) in [4.78, 5) is 18.9. The van der Waals surface area contributed by atoms with Gasteiger partial charge in [-0.05, 0) is 37.3 Å². The average molecular weight is 435 g/mol. The molecule has 0 spiro atoms. The molecule has 8 nitrogen and oxygen atoms in total. The molecule has 0 amide bonds. The summed E-state index contributed by atoms with van der Waals surface area (Å²) in [7, 11) is 4.01. The van der Waals surface area contributed by atoms with Gasteiger partial charge in [0.1, 0.15) is 0 Å². The summed E-state index contributed by atoms with van der Waals surface area (Å²) in [6, 6.07) is 12.6. The predicted octanol–water partition coefficient (Wildman–Crippen LogP) is 4.73. The van der Waals surface area contributed by atoms with Crippen LogP contribution in [0.2, 0.25) is 0 Å². The van der Waals surface area contributed by atoms with Crippen molar-refractivity contribution >= 4 is 27.6 Å². The van der Waals surface area contributed by atoms with Crippen LogP contribution in [0.4, 0.5) is 5.69 Å². The molecule has 0 aliphatic heterocycles. The van der Waals surface area contributed by atoms with Gasteiger partial charge in [-0.2, -0.15) is 5.10 Å². The number of nitrogens with zero attached hydrogens (tertiary/aromatic N) is 6. The van der Waals surface area contributed by atoms with Gasteiger partial charge in [-0.15, -0.1) is 0 Å². The van der Waals surface area contributed by atoms with Crippen LogP contribution >= 0.6 is 0 Å². The Labute approximate surface area is 190 Å². The summed E-state index contributed by atoms with van der Waals surface area (Å²) in [5, 5.41) is 9.67. The quantitative estimate of drug-likeness (QED) is 0.419. The average Bonchev–Trinajstić information content (AvgIpc) is 3.55. The van der Waals surface area contributed by atoms with Crippen molar-refractivity contribution in [3.8, 4) is 28.2 Å². The van der Waals surface area contributed by atoms with Crippen molar-refractivity contribution in [3.63, 3.8) is 0 Å². The Balaban J connectivity index is 1.48. The second-order valence-corrected chi connectivity index (χ2v) is 8.36. The molecule has 6 rings (SSSR count). The normalized spacial score (nSPS) is 11.5. The Hall–Kier alpha value is -4.46. The number of fused-ring (bicyclic) bond motifs is 2. The van der Waals surface area contributed by atoms with Crippen molar-refractivity contribution in [1.82, 2.24) is 34.7 Å². The Morgan fingerprint density at radius 3 is 2.64 bits per heavy atom. The van der Waals surface area contributed by atoms with Crippen LogP contribution in [0.15, 0.2) is 67.5 Å². The Morgan fingerprint density at radius 1 is 0.939 bits per heavy atom. The van der Waals surface area contributed by atoms with E-state index >= 15 is 0 Å². The van der Waals surface area contributed by atoms with Crippen LogP contribution in [0.5, 0.6) is 0 Å². The molecule has 0 aliphatic carbocycles. The number of aryl methyl sites for hydroxylation is 1. The van der Waals surface area contributed by atoms with Crippen molar-refractivity contribution in [2.75, 3.05) is 19.0 Å². The number of anilines is 1. The fraction of sp³-hybridized carbons (Fsp3) is 0.120. The molecule has 0 atom stereocenters. The molecule has 162 valence electrons. The minimum atomic E-state index is 0.676. The fourth-order valence-electron chi connectivity index (χ4n) is 4.15. The summed E-state index contributed by atoms with van der Waals surface area (Å²) >= 11 is 0. The van der Waals surface area contributed by atoms with Crippen molar-refractivity contribution in [1.29, 1.82) is 0 Å². The number of benzene rings is 1. The first-order valence-corrected chi connectivity index (χ1v) is 10.7. The van der Waals surface area contributed by atoms with Crippen molar-refractivity contribution in [2.45, 2.75) is 6.92 Å². The second-order valence-electron chi connectivity index (χ2n) is 8.36. The van der Waals surface area contributed by atoms with E-state index in [4.69, 9.17) is 0 Å². The van der Waals surface area contributed by atoms with Gasteiger partial charge in [-0.3, -0.25) is 10.1 Å². The highest BCUT2D eigenvalue weighted by molar-refractivity contribution is 5.98. The van der Waals surface area contributed by atoms with Gasteiger partial charge >= 0.3 is 0 Å². The summed E-state index contributed by atoms with van der Waals surface area (Å²) in [5.41, 5.74) is 8.68. The summed E-state index contributed by atoms with van der Waals surface area (Å²) < 4.78 is 2.05. The van der Waals surface area contributed by atoms with E-state index in [9.17, 15) is 0 Å². The van der Waals surface area contributed by atoms with Gasteiger partial charge < -0.3 is 14.5 Å². The zero-order valence-corrected chi connectivity index (χ0v) is 18.5. The largest absolute Gasteiger partial charge is 0.376 e. The number of hydrogen-bond acceptors (Lipinski definition) is 5. The third-order valence-electron chi connectivity index (χ3n) is 5.88. The lowest BCUT2D eigenvalue weighted by atomic mass is 10.1. The van der Waals surface area contributed by atoms with Crippen LogP contribution < -0.4 is 4.90 Å². The van der Waals surface area contributed by atoms with Gasteiger partial charge in [0.2, 0.25) is 0 Å². The number of H-pyrrole nitrogens is 2. The van der Waals surface area contributed by atoms with Gasteiger partial charge in [0.15, 0.2) is 5.65 Å². The van der Waals surface area contributed by atoms with E-state index < -0.39 is 0 Å². The third kappa shape index (κ3) is 3.23. The monoisotopic (exact) mass is 434 g/mol. The SMILES string of the molecule is Cc1cn(-c2cccc3[nH]c(-c4[nH]nc5ncc(-c6cncc(N(C)C)c6)cc45)cc23)cn1. The summed E-state index contributed by atoms with van der Waals surface area (Å²) in [6.45, 7) is 1.99. The Bertz CT molecular complexity index is 1620. The predicted molar refractivity (Wildman–Crippen MR) is 131 cm³/mol. The molecule has 5 aromatic heterocycles. The molecule has 33 heavy (non-hydrogen) atoms. The summed E-state index contributed by atoms with van der Waals surface area (Å²) in [5.74, 6) is 0. The highest BCUT2D eigenvalue weighted by atomic mass is 15.2. The maximum atomic E-state index is 4.59. The molecular weight excluding hydrogens is 412 g/mol. The number of rotatable bonds is 4. The molecule has 5 heterocycles. The molecule has 0 fully saturated rings. The number of pyridine rings is 2. The van der Waals surface area contributed by atoms with Crippen LogP contribution in [0.25, 0.3) is 50.1 Å². The second kappa shape index (κ2) is 7.30. The van der Waals surface area contributed by atoms with E-state index in [2.05, 4.69) is 60.5 Å². The lowest BCUT2D eigenvalue weighted by molar-refractivity contribution is 1.07. The van der Waals surface area contributed by atoms with Crippen LogP contribution in [-0.4, -0.2) is 48.8 Å². The first-order valence-electron chi connectivity index (χ1n) is 10.7. The van der Waals surface area contributed by atoms with Crippen LogP contribution in [0.3, 0.4) is 0 Å². The van der Waals surface area contributed by atoms with Crippen LogP contribution in [0.1, 0.15) is 5.69 Å². The van der Waals surface area contributed by atoms with Gasteiger partial charge in [0.05, 0.1) is 41.0 Å². The molecule has 0 radical (unpaired) electrons. The molecule has 1 aromatic carbocycles. The first kappa shape index (κ1) is 19.2. The van der Waals surface area contributed by atoms with E-state index in [1.807, 2.05) is 67.7 Å². The maximum Gasteiger partial charge on any atom is 0.181 e. The summed E-state index contributed by atoms with van der Waals surface area (Å²) in [6.07, 6.45) is 9.42. The minimum absolute atomic E-state index is 0.676. The number of hydrogen-bond donors (Lipinski definition) is 2. The van der Waals surface area contributed by atoms with Gasteiger partial charge in [-0.1, -0.05) is 6.07 Å². The standard InChI is InChI=1S/C25H22N8/c1-15-13-33(14-28-15)23-6-4-5-21-19(23)9-22(29-21)24-20-8-17(11-27-25(20)31-30-24)16-7-18(32(2)3)12-26-10-16/h4-14,29H,1-3H3,(H,27,30,31). The molecule has 8 heteroatoms. The molecule has 0 saturated carbocycles. The highest BCUT2D eigenvalue weighted by Gasteiger charge is 2.15. The van der Waals surface area contributed by atoms with Crippen LogP contribution in [0, 0.1) is 6.92 Å². The highest BCUT2D eigenvalue weighted by Crippen LogP contribution is 2.33. The Kier molecular flexibility index (Phi) is 4.26. The molecule has 6 aromatic rings. The molecule has 2 N–H and O–H groups in total. The molecule has 0 unspecified atom stereocenters. The number of aromatic nitrogens is 7. The molecule has 0 aliphatic rings. The molecule has 0 saturated heterocycles. The zero-order valence-electron chi connectivity index (χ0n) is 18.5. The maximum absolute atomic E-state index is 4.59. The van der Waals surface area contributed by atoms with Gasteiger partial charge in [0.25, 0.3) is 0 Å².